The predicted octanol–water partition coefficient (Wildman–Crippen LogP) is 5.02. The second-order valence-electron chi connectivity index (χ2n) is 10.6. The highest BCUT2D eigenvalue weighted by molar-refractivity contribution is 5.97. The van der Waals surface area contributed by atoms with E-state index in [1.807, 2.05) is 76.5 Å². The van der Waals surface area contributed by atoms with Crippen LogP contribution in [0.4, 0.5) is 0 Å². The molecule has 0 radical (unpaired) electrons. The molecule has 1 aromatic heterocycles. The SMILES string of the molecule is O=C(Cc1ccccc1)N1CCCCC2(COc3cccnc3)CCN(CC2)C(=O)c2ccccc2OCC1. The van der Waals surface area contributed by atoms with Crippen LogP contribution in [0.3, 0.4) is 0 Å². The van der Waals surface area contributed by atoms with Gasteiger partial charge in [-0.05, 0) is 55.5 Å². The molecule has 6 rings (SSSR count). The van der Waals surface area contributed by atoms with Gasteiger partial charge in [0.25, 0.3) is 5.91 Å². The lowest BCUT2D eigenvalue weighted by atomic mass is 9.75. The summed E-state index contributed by atoms with van der Waals surface area (Å²) < 4.78 is 12.3. The van der Waals surface area contributed by atoms with Crippen molar-refractivity contribution >= 4 is 11.8 Å². The maximum absolute atomic E-state index is 13.5. The van der Waals surface area contributed by atoms with Gasteiger partial charge in [0, 0.05) is 31.2 Å². The van der Waals surface area contributed by atoms with Gasteiger partial charge in [-0.3, -0.25) is 14.6 Å². The second kappa shape index (κ2) is 12.8. The topological polar surface area (TPSA) is 72.0 Å². The van der Waals surface area contributed by atoms with Crippen LogP contribution in [0.5, 0.6) is 11.5 Å². The molecule has 2 aromatic carbocycles. The Balaban J connectivity index is 1.34. The van der Waals surface area contributed by atoms with E-state index < -0.39 is 0 Å². The van der Waals surface area contributed by atoms with Gasteiger partial charge >= 0.3 is 0 Å². The van der Waals surface area contributed by atoms with E-state index in [-0.39, 0.29) is 17.2 Å². The van der Waals surface area contributed by atoms with Crippen molar-refractivity contribution in [2.75, 3.05) is 39.4 Å². The zero-order valence-corrected chi connectivity index (χ0v) is 22.5. The van der Waals surface area contributed by atoms with Crippen molar-refractivity contribution in [2.45, 2.75) is 38.5 Å². The minimum Gasteiger partial charge on any atom is -0.491 e. The third kappa shape index (κ3) is 6.96. The van der Waals surface area contributed by atoms with Gasteiger partial charge in [0.1, 0.15) is 18.1 Å². The standard InChI is InChI=1S/C32H37N3O4/c36-30(23-26-9-2-1-3-10-26)34-18-7-6-14-32(25-39-27-11-8-17-33-24-27)15-19-35(20-16-32)31(37)28-12-4-5-13-29(28)38-22-21-34/h1-5,8-13,17,24H,6-7,14-16,18-23,25H2. The summed E-state index contributed by atoms with van der Waals surface area (Å²) in [6, 6.07) is 21.1. The Bertz CT molecular complexity index is 1230. The van der Waals surface area contributed by atoms with E-state index in [9.17, 15) is 9.59 Å². The van der Waals surface area contributed by atoms with Crippen LogP contribution < -0.4 is 9.47 Å². The highest BCUT2D eigenvalue weighted by Crippen LogP contribution is 2.38. The molecule has 2 bridgehead atoms. The van der Waals surface area contributed by atoms with Gasteiger partial charge in [0.2, 0.25) is 5.91 Å². The van der Waals surface area contributed by atoms with Gasteiger partial charge in [0.15, 0.2) is 0 Å². The first-order chi connectivity index (χ1) is 19.1. The highest BCUT2D eigenvalue weighted by atomic mass is 16.5. The molecular formula is C32H37N3O4. The minimum absolute atomic E-state index is 0.000685. The Morgan fingerprint density at radius 3 is 2.49 bits per heavy atom. The van der Waals surface area contributed by atoms with E-state index in [0.717, 1.165) is 43.4 Å². The van der Waals surface area contributed by atoms with Crippen LogP contribution in [0.2, 0.25) is 0 Å². The van der Waals surface area contributed by atoms with Crippen molar-refractivity contribution in [1.29, 1.82) is 0 Å². The van der Waals surface area contributed by atoms with Gasteiger partial charge in [-0.2, -0.15) is 0 Å². The summed E-state index contributed by atoms with van der Waals surface area (Å²) in [4.78, 5) is 34.9. The third-order valence-electron chi connectivity index (χ3n) is 7.96. The van der Waals surface area contributed by atoms with Crippen LogP contribution >= 0.6 is 0 Å². The Kier molecular flexibility index (Phi) is 8.76. The van der Waals surface area contributed by atoms with Crippen molar-refractivity contribution in [1.82, 2.24) is 14.8 Å². The summed E-state index contributed by atoms with van der Waals surface area (Å²) in [7, 11) is 0. The fourth-order valence-electron chi connectivity index (χ4n) is 5.57. The molecule has 1 fully saturated rings. The van der Waals surface area contributed by atoms with E-state index in [4.69, 9.17) is 9.47 Å². The maximum atomic E-state index is 13.5. The monoisotopic (exact) mass is 527 g/mol. The predicted molar refractivity (Wildman–Crippen MR) is 150 cm³/mol. The number of aromatic nitrogens is 1. The number of benzene rings is 2. The maximum Gasteiger partial charge on any atom is 0.257 e. The van der Waals surface area contributed by atoms with Gasteiger partial charge in [-0.15, -0.1) is 0 Å². The summed E-state index contributed by atoms with van der Waals surface area (Å²) in [6.07, 6.45) is 8.49. The molecule has 7 nitrogen and oxygen atoms in total. The van der Waals surface area contributed by atoms with E-state index in [1.165, 1.54) is 0 Å². The number of nitrogens with zero attached hydrogens (tertiary/aromatic N) is 3. The lowest BCUT2D eigenvalue weighted by molar-refractivity contribution is -0.131. The summed E-state index contributed by atoms with van der Waals surface area (Å²) in [6.45, 7) is 3.47. The molecule has 1 saturated heterocycles. The van der Waals surface area contributed by atoms with Crippen LogP contribution in [0.25, 0.3) is 0 Å². The number of carbonyl (C=O) groups is 2. The van der Waals surface area contributed by atoms with Crippen LogP contribution in [0.15, 0.2) is 79.1 Å². The quantitative estimate of drug-likeness (QED) is 0.466. The molecule has 204 valence electrons. The average molecular weight is 528 g/mol. The van der Waals surface area contributed by atoms with Gasteiger partial charge in [0.05, 0.1) is 31.3 Å². The van der Waals surface area contributed by atoms with E-state index in [2.05, 4.69) is 4.98 Å². The average Bonchev–Trinajstić information content (AvgIpc) is 2.99. The Hall–Kier alpha value is -3.87. The molecule has 4 heterocycles. The Labute approximate surface area is 230 Å². The molecule has 0 spiro atoms. The number of hydrogen-bond donors (Lipinski definition) is 0. The zero-order valence-electron chi connectivity index (χ0n) is 22.5. The molecule has 3 aliphatic heterocycles. The number of piperidine rings is 1. The van der Waals surface area contributed by atoms with Crippen molar-refractivity contribution in [3.63, 3.8) is 0 Å². The first-order valence-corrected chi connectivity index (χ1v) is 14.0. The molecule has 0 N–H and O–H groups in total. The number of carbonyl (C=O) groups excluding carboxylic acids is 2. The molecule has 7 heteroatoms. The number of amides is 2. The summed E-state index contributed by atoms with van der Waals surface area (Å²) in [5.74, 6) is 1.44. The normalized spacial score (nSPS) is 17.9. The van der Waals surface area contributed by atoms with E-state index in [1.54, 1.807) is 12.4 Å². The number of ether oxygens (including phenoxy) is 2. The van der Waals surface area contributed by atoms with E-state index in [0.29, 0.717) is 57.1 Å². The third-order valence-corrected chi connectivity index (χ3v) is 7.96. The molecule has 2 amide bonds. The van der Waals surface area contributed by atoms with E-state index >= 15 is 0 Å². The molecule has 0 unspecified atom stereocenters. The number of para-hydroxylation sites is 1. The number of rotatable bonds is 5. The first-order valence-electron chi connectivity index (χ1n) is 14.0. The first kappa shape index (κ1) is 26.7. The van der Waals surface area contributed by atoms with Gasteiger partial charge in [-0.25, -0.2) is 0 Å². The Morgan fingerprint density at radius 1 is 0.897 bits per heavy atom. The van der Waals surface area contributed by atoms with Crippen LogP contribution in [-0.2, 0) is 11.2 Å². The molecule has 0 atom stereocenters. The van der Waals surface area contributed by atoms with Crippen LogP contribution in [-0.4, -0.2) is 66.0 Å². The highest BCUT2D eigenvalue weighted by Gasteiger charge is 2.37. The minimum atomic E-state index is -0.0261. The van der Waals surface area contributed by atoms with Crippen molar-refractivity contribution in [3.05, 3.63) is 90.3 Å². The lowest BCUT2D eigenvalue weighted by Crippen LogP contribution is -2.45. The lowest BCUT2D eigenvalue weighted by Gasteiger charge is -2.42. The molecule has 0 saturated carbocycles. The zero-order chi connectivity index (χ0) is 26.9. The summed E-state index contributed by atoms with van der Waals surface area (Å²) in [5, 5.41) is 0. The number of hydrogen-bond acceptors (Lipinski definition) is 5. The van der Waals surface area contributed by atoms with Crippen LogP contribution in [0, 0.1) is 5.41 Å². The van der Waals surface area contributed by atoms with Gasteiger partial charge < -0.3 is 19.3 Å². The largest absolute Gasteiger partial charge is 0.491 e. The Morgan fingerprint density at radius 2 is 1.69 bits per heavy atom. The number of pyridine rings is 1. The second-order valence-corrected chi connectivity index (χ2v) is 10.6. The smallest absolute Gasteiger partial charge is 0.257 e. The fraction of sp³-hybridized carbons (Fsp3) is 0.406. The molecule has 0 aliphatic carbocycles. The summed E-state index contributed by atoms with van der Waals surface area (Å²) in [5.41, 5.74) is 1.56. The molecule has 3 aromatic rings. The molecule has 39 heavy (non-hydrogen) atoms. The van der Waals surface area contributed by atoms with Crippen molar-refractivity contribution in [3.8, 4) is 11.5 Å². The summed E-state index contributed by atoms with van der Waals surface area (Å²) >= 11 is 0. The van der Waals surface area contributed by atoms with Crippen LogP contribution in [0.1, 0.15) is 48.0 Å². The van der Waals surface area contributed by atoms with Gasteiger partial charge in [-0.1, -0.05) is 48.9 Å². The fourth-order valence-corrected chi connectivity index (χ4v) is 5.57. The van der Waals surface area contributed by atoms with Crippen molar-refractivity contribution < 1.29 is 19.1 Å². The molecular weight excluding hydrogens is 490 g/mol. The molecule has 3 aliphatic rings. The van der Waals surface area contributed by atoms with Crippen molar-refractivity contribution in [2.24, 2.45) is 5.41 Å². The number of fused-ring (bicyclic) bond motifs is 9.